The summed E-state index contributed by atoms with van der Waals surface area (Å²) in [7, 11) is -0.868. The molecule has 0 aromatic heterocycles. The van der Waals surface area contributed by atoms with E-state index in [4.69, 9.17) is 16.9 Å². The van der Waals surface area contributed by atoms with Gasteiger partial charge in [-0.05, 0) is 25.1 Å². The molecular formula is C11H13ClN2OS. The average molecular weight is 257 g/mol. The number of hydrogen-bond acceptors (Lipinski definition) is 3. The van der Waals surface area contributed by atoms with E-state index in [9.17, 15) is 4.21 Å². The topological polar surface area (TPSA) is 52.9 Å². The molecule has 0 saturated heterocycles. The minimum Gasteiger partial charge on any atom is -0.383 e. The van der Waals surface area contributed by atoms with Crippen molar-refractivity contribution in [3.05, 3.63) is 28.8 Å². The van der Waals surface area contributed by atoms with Crippen LogP contribution in [0.4, 0.5) is 5.69 Å². The van der Waals surface area contributed by atoms with E-state index in [1.165, 1.54) is 0 Å². The molecule has 1 aromatic rings. The summed E-state index contributed by atoms with van der Waals surface area (Å²) in [5.74, 6) is 0. The molecule has 0 saturated carbocycles. The Morgan fingerprint density at radius 1 is 1.62 bits per heavy atom. The third kappa shape index (κ3) is 3.51. The van der Waals surface area contributed by atoms with Crippen LogP contribution in [0.15, 0.2) is 18.2 Å². The first-order chi connectivity index (χ1) is 7.54. The van der Waals surface area contributed by atoms with Crippen LogP contribution < -0.4 is 5.32 Å². The van der Waals surface area contributed by atoms with E-state index in [0.29, 0.717) is 17.1 Å². The third-order valence-electron chi connectivity index (χ3n) is 2.25. The van der Waals surface area contributed by atoms with E-state index in [1.54, 1.807) is 24.5 Å². The highest BCUT2D eigenvalue weighted by Crippen LogP contribution is 2.19. The molecule has 2 atom stereocenters. The molecule has 5 heteroatoms. The van der Waals surface area contributed by atoms with Crippen LogP contribution in [0.5, 0.6) is 0 Å². The van der Waals surface area contributed by atoms with Crippen molar-refractivity contribution in [2.75, 3.05) is 18.1 Å². The van der Waals surface area contributed by atoms with Gasteiger partial charge >= 0.3 is 0 Å². The number of anilines is 1. The highest BCUT2D eigenvalue weighted by atomic mass is 35.5. The minimum atomic E-state index is -0.868. The molecule has 0 aliphatic heterocycles. The Morgan fingerprint density at radius 2 is 2.31 bits per heavy atom. The zero-order chi connectivity index (χ0) is 12.1. The van der Waals surface area contributed by atoms with E-state index in [-0.39, 0.29) is 5.25 Å². The van der Waals surface area contributed by atoms with Crippen molar-refractivity contribution in [2.45, 2.75) is 12.2 Å². The Kier molecular flexibility index (Phi) is 4.78. The monoisotopic (exact) mass is 256 g/mol. The van der Waals surface area contributed by atoms with Crippen molar-refractivity contribution >= 4 is 28.1 Å². The number of benzene rings is 1. The van der Waals surface area contributed by atoms with Crippen molar-refractivity contribution in [2.24, 2.45) is 0 Å². The summed E-state index contributed by atoms with van der Waals surface area (Å²) in [6.07, 6.45) is 1.67. The molecule has 86 valence electrons. The van der Waals surface area contributed by atoms with Crippen LogP contribution in [0.2, 0.25) is 5.02 Å². The number of rotatable bonds is 4. The van der Waals surface area contributed by atoms with E-state index in [2.05, 4.69) is 11.4 Å². The molecule has 0 heterocycles. The minimum absolute atomic E-state index is 0.0437. The first kappa shape index (κ1) is 13.0. The predicted molar refractivity (Wildman–Crippen MR) is 68.2 cm³/mol. The molecule has 3 nitrogen and oxygen atoms in total. The van der Waals surface area contributed by atoms with Gasteiger partial charge in [-0.2, -0.15) is 5.26 Å². The normalized spacial score (nSPS) is 13.9. The molecule has 0 bridgehead atoms. The summed E-state index contributed by atoms with van der Waals surface area (Å²) in [6, 6.07) is 7.15. The molecule has 0 aliphatic rings. The average Bonchev–Trinajstić information content (AvgIpc) is 2.26. The lowest BCUT2D eigenvalue weighted by atomic mass is 10.2. The number of halogens is 1. The molecule has 0 spiro atoms. The molecule has 2 unspecified atom stereocenters. The Hall–Kier alpha value is -1.05. The van der Waals surface area contributed by atoms with Gasteiger partial charge in [-0.25, -0.2) is 0 Å². The lowest BCUT2D eigenvalue weighted by Crippen LogP contribution is -2.20. The fraction of sp³-hybridized carbons (Fsp3) is 0.364. The van der Waals surface area contributed by atoms with E-state index in [1.807, 2.05) is 6.92 Å². The second-order valence-electron chi connectivity index (χ2n) is 3.49. The Morgan fingerprint density at radius 3 is 2.88 bits per heavy atom. The molecule has 1 rings (SSSR count). The van der Waals surface area contributed by atoms with E-state index >= 15 is 0 Å². The fourth-order valence-electron chi connectivity index (χ4n) is 1.13. The van der Waals surface area contributed by atoms with Gasteiger partial charge in [0.15, 0.2) is 0 Å². The summed E-state index contributed by atoms with van der Waals surface area (Å²) in [5, 5.41) is 12.6. The van der Waals surface area contributed by atoms with Crippen LogP contribution >= 0.6 is 11.6 Å². The summed E-state index contributed by atoms with van der Waals surface area (Å²) in [6.45, 7) is 2.46. The second kappa shape index (κ2) is 5.88. The van der Waals surface area contributed by atoms with Crippen LogP contribution in [0.25, 0.3) is 0 Å². The molecule has 1 N–H and O–H groups in total. The van der Waals surface area contributed by atoms with Gasteiger partial charge in [0.1, 0.15) is 6.07 Å². The van der Waals surface area contributed by atoms with Gasteiger partial charge in [0.2, 0.25) is 0 Å². The standard InChI is InChI=1S/C11H13ClN2OS/c1-8(16(2)15)7-14-11-4-3-10(12)5-9(11)6-13/h3-5,8,14H,7H2,1-2H3. The zero-order valence-electron chi connectivity index (χ0n) is 9.16. The predicted octanol–water partition coefficient (Wildman–Crippen LogP) is 2.39. The van der Waals surface area contributed by atoms with Crippen molar-refractivity contribution in [1.29, 1.82) is 5.26 Å². The van der Waals surface area contributed by atoms with Crippen LogP contribution in [-0.2, 0) is 10.8 Å². The number of nitrogens with zero attached hydrogens (tertiary/aromatic N) is 1. The Bertz CT molecular complexity index is 442. The second-order valence-corrected chi connectivity index (χ2v) is 5.73. The summed E-state index contributed by atoms with van der Waals surface area (Å²) < 4.78 is 11.2. The largest absolute Gasteiger partial charge is 0.383 e. The molecule has 16 heavy (non-hydrogen) atoms. The number of nitrogens with one attached hydrogen (secondary N) is 1. The highest BCUT2D eigenvalue weighted by molar-refractivity contribution is 7.84. The Labute approximate surface area is 103 Å². The molecule has 0 radical (unpaired) electrons. The van der Waals surface area contributed by atoms with Crippen LogP contribution in [0.3, 0.4) is 0 Å². The third-order valence-corrected chi connectivity index (χ3v) is 3.78. The van der Waals surface area contributed by atoms with Crippen LogP contribution in [0.1, 0.15) is 12.5 Å². The SMILES string of the molecule is CC(CNc1ccc(Cl)cc1C#N)S(C)=O. The zero-order valence-corrected chi connectivity index (χ0v) is 10.7. The quantitative estimate of drug-likeness (QED) is 0.900. The Balaban J connectivity index is 2.75. The summed E-state index contributed by atoms with van der Waals surface area (Å²) >= 11 is 5.78. The fourth-order valence-corrected chi connectivity index (χ4v) is 1.62. The molecule has 0 amide bonds. The maximum absolute atomic E-state index is 11.2. The summed E-state index contributed by atoms with van der Waals surface area (Å²) in [4.78, 5) is 0. The highest BCUT2D eigenvalue weighted by Gasteiger charge is 2.07. The lowest BCUT2D eigenvalue weighted by Gasteiger charge is -2.12. The van der Waals surface area contributed by atoms with Crippen molar-refractivity contribution in [1.82, 2.24) is 0 Å². The van der Waals surface area contributed by atoms with Crippen LogP contribution in [-0.4, -0.2) is 22.3 Å². The maximum atomic E-state index is 11.2. The van der Waals surface area contributed by atoms with Gasteiger partial charge in [-0.15, -0.1) is 0 Å². The van der Waals surface area contributed by atoms with E-state index < -0.39 is 10.8 Å². The molecule has 0 fully saturated rings. The summed E-state index contributed by atoms with van der Waals surface area (Å²) in [5.41, 5.74) is 1.23. The van der Waals surface area contributed by atoms with Gasteiger partial charge in [-0.1, -0.05) is 11.6 Å². The van der Waals surface area contributed by atoms with Gasteiger partial charge < -0.3 is 5.32 Å². The smallest absolute Gasteiger partial charge is 0.101 e. The van der Waals surface area contributed by atoms with Crippen molar-refractivity contribution in [3.63, 3.8) is 0 Å². The molecule has 0 aliphatic carbocycles. The maximum Gasteiger partial charge on any atom is 0.101 e. The molecular weight excluding hydrogens is 244 g/mol. The van der Waals surface area contributed by atoms with Crippen molar-refractivity contribution < 1.29 is 4.21 Å². The van der Waals surface area contributed by atoms with Crippen molar-refractivity contribution in [3.8, 4) is 6.07 Å². The molecule has 1 aromatic carbocycles. The van der Waals surface area contributed by atoms with Gasteiger partial charge in [0, 0.05) is 33.9 Å². The number of hydrogen-bond donors (Lipinski definition) is 1. The first-order valence-corrected chi connectivity index (χ1v) is 6.80. The van der Waals surface area contributed by atoms with E-state index in [0.717, 1.165) is 5.69 Å². The van der Waals surface area contributed by atoms with Crippen LogP contribution in [0, 0.1) is 11.3 Å². The van der Waals surface area contributed by atoms with Gasteiger partial charge in [0.05, 0.1) is 11.3 Å². The van der Waals surface area contributed by atoms with Gasteiger partial charge in [-0.3, -0.25) is 4.21 Å². The first-order valence-electron chi connectivity index (χ1n) is 4.80. The number of nitriles is 1. The van der Waals surface area contributed by atoms with Gasteiger partial charge in [0.25, 0.3) is 0 Å². The lowest BCUT2D eigenvalue weighted by molar-refractivity contribution is 0.679.